The third-order valence-corrected chi connectivity index (χ3v) is 4.67. The third-order valence-electron chi connectivity index (χ3n) is 4.67. The normalized spacial score (nSPS) is 14.0. The molecular formula is C21H25N3O3. The van der Waals surface area contributed by atoms with Gasteiger partial charge in [-0.3, -0.25) is 9.59 Å². The molecule has 2 amide bonds. The molecule has 2 aromatic carbocycles. The Kier molecular flexibility index (Phi) is 5.96. The van der Waals surface area contributed by atoms with Crippen molar-refractivity contribution in [3.63, 3.8) is 0 Å². The maximum absolute atomic E-state index is 12.5. The van der Waals surface area contributed by atoms with Crippen LogP contribution in [0.3, 0.4) is 0 Å². The van der Waals surface area contributed by atoms with Gasteiger partial charge in [-0.1, -0.05) is 24.3 Å². The van der Waals surface area contributed by atoms with Crippen molar-refractivity contribution in [2.24, 2.45) is 0 Å². The Morgan fingerprint density at radius 2 is 1.78 bits per heavy atom. The van der Waals surface area contributed by atoms with E-state index < -0.39 is 0 Å². The number of rotatable bonds is 5. The number of amides is 2. The predicted octanol–water partition coefficient (Wildman–Crippen LogP) is 2.68. The van der Waals surface area contributed by atoms with E-state index in [-0.39, 0.29) is 18.2 Å². The number of benzene rings is 2. The summed E-state index contributed by atoms with van der Waals surface area (Å²) in [6.07, 6.45) is -0.136. The number of carbonyl (C=O) groups is 2. The first-order valence-electron chi connectivity index (χ1n) is 9.09. The minimum absolute atomic E-state index is 0.136. The maximum atomic E-state index is 12.5. The second-order valence-electron chi connectivity index (χ2n) is 6.63. The largest absolute Gasteiger partial charge is 0.495 e. The first-order valence-corrected chi connectivity index (χ1v) is 9.09. The Balaban J connectivity index is 1.51. The van der Waals surface area contributed by atoms with E-state index >= 15 is 0 Å². The number of nitrogens with one attached hydrogen (secondary N) is 1. The molecule has 2 aromatic rings. The molecule has 1 aliphatic heterocycles. The van der Waals surface area contributed by atoms with E-state index in [2.05, 4.69) is 10.2 Å². The van der Waals surface area contributed by atoms with E-state index in [1.54, 1.807) is 12.0 Å². The lowest BCUT2D eigenvalue weighted by Gasteiger charge is -2.36. The Hall–Kier alpha value is -3.02. The zero-order valence-corrected chi connectivity index (χ0v) is 15.8. The van der Waals surface area contributed by atoms with Gasteiger partial charge in [0.15, 0.2) is 0 Å². The van der Waals surface area contributed by atoms with Crippen LogP contribution < -0.4 is 15.0 Å². The monoisotopic (exact) mass is 367 g/mol. The number of anilines is 2. The molecule has 1 fully saturated rings. The Morgan fingerprint density at radius 3 is 2.48 bits per heavy atom. The molecule has 27 heavy (non-hydrogen) atoms. The van der Waals surface area contributed by atoms with Crippen LogP contribution in [-0.4, -0.2) is 50.0 Å². The summed E-state index contributed by atoms with van der Waals surface area (Å²) in [5.74, 6) is 0.410. The van der Waals surface area contributed by atoms with Crippen LogP contribution in [0.25, 0.3) is 0 Å². The van der Waals surface area contributed by atoms with Crippen LogP contribution in [-0.2, 0) is 9.59 Å². The number of para-hydroxylation sites is 2. The van der Waals surface area contributed by atoms with Gasteiger partial charge >= 0.3 is 0 Å². The molecule has 0 aromatic heterocycles. The van der Waals surface area contributed by atoms with E-state index in [4.69, 9.17) is 4.74 Å². The van der Waals surface area contributed by atoms with Crippen molar-refractivity contribution in [1.82, 2.24) is 4.90 Å². The van der Waals surface area contributed by atoms with Gasteiger partial charge in [0.1, 0.15) is 12.2 Å². The SMILES string of the molecule is COc1ccccc1N1CCN(C(=O)CC(=O)Nc2cccc(C)c2)CC1. The van der Waals surface area contributed by atoms with E-state index in [1.165, 1.54) is 0 Å². The van der Waals surface area contributed by atoms with Crippen molar-refractivity contribution in [3.8, 4) is 5.75 Å². The highest BCUT2D eigenvalue weighted by Crippen LogP contribution is 2.28. The third kappa shape index (κ3) is 4.78. The van der Waals surface area contributed by atoms with Gasteiger partial charge < -0.3 is 19.9 Å². The zero-order chi connectivity index (χ0) is 19.2. The lowest BCUT2D eigenvalue weighted by molar-refractivity contribution is -0.134. The second-order valence-corrected chi connectivity index (χ2v) is 6.63. The van der Waals surface area contributed by atoms with Crippen molar-refractivity contribution < 1.29 is 14.3 Å². The van der Waals surface area contributed by atoms with Crippen molar-refractivity contribution in [3.05, 3.63) is 54.1 Å². The zero-order valence-electron chi connectivity index (χ0n) is 15.8. The van der Waals surface area contributed by atoms with Gasteiger partial charge in [-0.15, -0.1) is 0 Å². The number of methoxy groups -OCH3 is 1. The Morgan fingerprint density at radius 1 is 1.04 bits per heavy atom. The molecule has 1 saturated heterocycles. The van der Waals surface area contributed by atoms with Crippen molar-refractivity contribution in [1.29, 1.82) is 0 Å². The fourth-order valence-corrected chi connectivity index (χ4v) is 3.26. The Bertz CT molecular complexity index is 814. The van der Waals surface area contributed by atoms with Crippen molar-refractivity contribution >= 4 is 23.2 Å². The minimum Gasteiger partial charge on any atom is -0.495 e. The molecule has 6 nitrogen and oxygen atoms in total. The van der Waals surface area contributed by atoms with Gasteiger partial charge in [-0.05, 0) is 36.8 Å². The number of nitrogens with zero attached hydrogens (tertiary/aromatic N) is 2. The number of ether oxygens (including phenoxy) is 1. The first kappa shape index (κ1) is 18.8. The molecule has 0 atom stereocenters. The van der Waals surface area contributed by atoms with Gasteiger partial charge in [-0.25, -0.2) is 0 Å². The highest BCUT2D eigenvalue weighted by atomic mass is 16.5. The molecule has 1 aliphatic rings. The van der Waals surface area contributed by atoms with Gasteiger partial charge in [0.2, 0.25) is 11.8 Å². The van der Waals surface area contributed by atoms with E-state index in [0.29, 0.717) is 31.9 Å². The molecule has 0 saturated carbocycles. The molecule has 0 aliphatic carbocycles. The lowest BCUT2D eigenvalue weighted by atomic mass is 10.2. The fraction of sp³-hybridized carbons (Fsp3) is 0.333. The fourth-order valence-electron chi connectivity index (χ4n) is 3.26. The Labute approximate surface area is 159 Å². The summed E-state index contributed by atoms with van der Waals surface area (Å²) in [4.78, 5) is 28.6. The summed E-state index contributed by atoms with van der Waals surface area (Å²) in [5.41, 5.74) is 2.81. The van der Waals surface area contributed by atoms with Crippen LogP contribution in [0.15, 0.2) is 48.5 Å². The standard InChI is InChI=1S/C21H25N3O3/c1-16-6-5-7-17(14-16)22-20(25)15-21(26)24-12-10-23(11-13-24)18-8-3-4-9-19(18)27-2/h3-9,14H,10-13,15H2,1-2H3,(H,22,25). The van der Waals surface area contributed by atoms with Crippen LogP contribution in [0.4, 0.5) is 11.4 Å². The number of piperazine rings is 1. The number of aryl methyl sites for hydroxylation is 1. The molecule has 0 radical (unpaired) electrons. The average Bonchev–Trinajstić information content (AvgIpc) is 2.68. The van der Waals surface area contributed by atoms with Gasteiger partial charge in [-0.2, -0.15) is 0 Å². The molecule has 0 spiro atoms. The summed E-state index contributed by atoms with van der Waals surface area (Å²) in [6.45, 7) is 4.57. The molecule has 1 heterocycles. The summed E-state index contributed by atoms with van der Waals surface area (Å²) < 4.78 is 5.42. The molecular weight excluding hydrogens is 342 g/mol. The van der Waals surface area contributed by atoms with Crippen molar-refractivity contribution in [2.45, 2.75) is 13.3 Å². The summed E-state index contributed by atoms with van der Waals surface area (Å²) in [5, 5.41) is 2.79. The minimum atomic E-state index is -0.280. The molecule has 0 bridgehead atoms. The molecule has 1 N–H and O–H groups in total. The molecule has 6 heteroatoms. The molecule has 0 unspecified atom stereocenters. The second kappa shape index (κ2) is 8.58. The van der Waals surface area contributed by atoms with Gasteiger partial charge in [0.05, 0.1) is 12.8 Å². The lowest BCUT2D eigenvalue weighted by Crippen LogP contribution is -2.49. The number of carbonyl (C=O) groups excluding carboxylic acids is 2. The highest BCUT2D eigenvalue weighted by Gasteiger charge is 2.24. The summed E-state index contributed by atoms with van der Waals surface area (Å²) >= 11 is 0. The van der Waals surface area contributed by atoms with E-state index in [9.17, 15) is 9.59 Å². The number of hydrogen-bond donors (Lipinski definition) is 1. The van der Waals surface area contributed by atoms with Crippen LogP contribution >= 0.6 is 0 Å². The molecule has 142 valence electrons. The van der Waals surface area contributed by atoms with Crippen LogP contribution in [0.2, 0.25) is 0 Å². The number of hydrogen-bond acceptors (Lipinski definition) is 4. The van der Waals surface area contributed by atoms with Crippen LogP contribution in [0.1, 0.15) is 12.0 Å². The van der Waals surface area contributed by atoms with E-state index in [1.807, 2.05) is 55.5 Å². The smallest absolute Gasteiger partial charge is 0.233 e. The predicted molar refractivity (Wildman–Crippen MR) is 106 cm³/mol. The maximum Gasteiger partial charge on any atom is 0.233 e. The van der Waals surface area contributed by atoms with Crippen LogP contribution in [0.5, 0.6) is 5.75 Å². The first-order chi connectivity index (χ1) is 13.1. The van der Waals surface area contributed by atoms with Gasteiger partial charge in [0, 0.05) is 31.9 Å². The van der Waals surface area contributed by atoms with Gasteiger partial charge in [0.25, 0.3) is 0 Å². The quantitative estimate of drug-likeness (QED) is 0.826. The average molecular weight is 367 g/mol. The van der Waals surface area contributed by atoms with Crippen LogP contribution in [0, 0.1) is 6.92 Å². The topological polar surface area (TPSA) is 61.9 Å². The highest BCUT2D eigenvalue weighted by molar-refractivity contribution is 6.03. The summed E-state index contributed by atoms with van der Waals surface area (Å²) in [6, 6.07) is 15.4. The molecule has 3 rings (SSSR count). The van der Waals surface area contributed by atoms with E-state index in [0.717, 1.165) is 17.0 Å². The van der Waals surface area contributed by atoms with Crippen molar-refractivity contribution in [2.75, 3.05) is 43.5 Å². The summed E-state index contributed by atoms with van der Waals surface area (Å²) in [7, 11) is 1.66.